The summed E-state index contributed by atoms with van der Waals surface area (Å²) in [5, 5.41) is 5.64. The first-order valence-electron chi connectivity index (χ1n) is 7.91. The Kier molecular flexibility index (Phi) is 6.31. The van der Waals surface area contributed by atoms with Gasteiger partial charge >= 0.3 is 6.03 Å². The summed E-state index contributed by atoms with van der Waals surface area (Å²) in [5.74, 6) is 0.679. The van der Waals surface area contributed by atoms with Crippen LogP contribution in [0.2, 0.25) is 0 Å². The van der Waals surface area contributed by atoms with Crippen LogP contribution in [0.25, 0.3) is 0 Å². The monoisotopic (exact) mass is 291 g/mol. The molecule has 2 rings (SSSR count). The number of hydrogen-bond acceptors (Lipinski definition) is 3. The van der Waals surface area contributed by atoms with Crippen LogP contribution >= 0.6 is 0 Å². The molecule has 1 aromatic rings. The van der Waals surface area contributed by atoms with E-state index in [1.807, 2.05) is 12.1 Å². The summed E-state index contributed by atoms with van der Waals surface area (Å²) in [6.07, 6.45) is 8.92. The van der Waals surface area contributed by atoms with Crippen LogP contribution in [-0.4, -0.2) is 23.7 Å². The first-order valence-corrected chi connectivity index (χ1v) is 7.91. The number of hydrogen-bond donors (Lipinski definition) is 2. The van der Waals surface area contributed by atoms with Crippen molar-refractivity contribution in [2.45, 2.75) is 58.1 Å². The predicted molar refractivity (Wildman–Crippen MR) is 82.3 cm³/mol. The van der Waals surface area contributed by atoms with Crippen molar-refractivity contribution in [3.63, 3.8) is 0 Å². The van der Waals surface area contributed by atoms with E-state index in [-0.39, 0.29) is 6.03 Å². The molecule has 2 N–H and O–H groups in total. The molecule has 0 spiro atoms. The smallest absolute Gasteiger partial charge is 0.315 e. The highest BCUT2D eigenvalue weighted by Crippen LogP contribution is 2.22. The number of nitrogens with zero attached hydrogens (tertiary/aromatic N) is 1. The highest BCUT2D eigenvalue weighted by molar-refractivity contribution is 5.73. The van der Waals surface area contributed by atoms with Gasteiger partial charge in [0.15, 0.2) is 0 Å². The Morgan fingerprint density at radius 2 is 2.14 bits per heavy atom. The number of pyridine rings is 1. The summed E-state index contributed by atoms with van der Waals surface area (Å²) >= 11 is 0. The predicted octanol–water partition coefficient (Wildman–Crippen LogP) is 3.00. The van der Waals surface area contributed by atoms with Gasteiger partial charge in [0, 0.05) is 25.4 Å². The lowest BCUT2D eigenvalue weighted by Gasteiger charge is -2.12. The molecule has 1 aliphatic rings. The van der Waals surface area contributed by atoms with Gasteiger partial charge in [-0.05, 0) is 37.7 Å². The maximum atomic E-state index is 11.5. The molecule has 0 atom stereocenters. The quantitative estimate of drug-likeness (QED) is 0.759. The van der Waals surface area contributed by atoms with Crippen LogP contribution in [0.4, 0.5) is 4.79 Å². The van der Waals surface area contributed by atoms with Crippen LogP contribution in [-0.2, 0) is 6.54 Å². The Morgan fingerprint density at radius 3 is 2.81 bits per heavy atom. The van der Waals surface area contributed by atoms with Crippen molar-refractivity contribution in [1.29, 1.82) is 0 Å². The number of rotatable bonds is 7. The Bertz CT molecular complexity index is 428. The van der Waals surface area contributed by atoms with Crippen LogP contribution in [0, 0.1) is 0 Å². The number of ether oxygens (including phenoxy) is 1. The van der Waals surface area contributed by atoms with Gasteiger partial charge in [-0.1, -0.05) is 19.4 Å². The van der Waals surface area contributed by atoms with Gasteiger partial charge in [-0.2, -0.15) is 0 Å². The van der Waals surface area contributed by atoms with Crippen LogP contribution in [0.3, 0.4) is 0 Å². The molecule has 0 unspecified atom stereocenters. The molecule has 1 aromatic heterocycles. The zero-order valence-corrected chi connectivity index (χ0v) is 12.7. The van der Waals surface area contributed by atoms with Gasteiger partial charge in [-0.3, -0.25) is 0 Å². The van der Waals surface area contributed by atoms with Crippen molar-refractivity contribution in [3.8, 4) is 5.88 Å². The van der Waals surface area contributed by atoms with Gasteiger partial charge in [0.1, 0.15) is 6.10 Å². The summed E-state index contributed by atoms with van der Waals surface area (Å²) in [7, 11) is 0. The highest BCUT2D eigenvalue weighted by Gasteiger charge is 2.16. The Hall–Kier alpha value is -1.78. The fourth-order valence-corrected chi connectivity index (χ4v) is 2.39. The second kappa shape index (κ2) is 8.49. The van der Waals surface area contributed by atoms with Gasteiger partial charge < -0.3 is 15.4 Å². The topological polar surface area (TPSA) is 63.2 Å². The fourth-order valence-electron chi connectivity index (χ4n) is 2.39. The summed E-state index contributed by atoms with van der Waals surface area (Å²) < 4.78 is 5.81. The number of amides is 2. The Labute approximate surface area is 126 Å². The molecule has 1 aliphatic carbocycles. The van der Waals surface area contributed by atoms with Gasteiger partial charge in [-0.25, -0.2) is 9.78 Å². The number of unbranched alkanes of at least 4 members (excludes halogenated alkanes) is 1. The molecule has 1 saturated carbocycles. The minimum atomic E-state index is -0.130. The largest absolute Gasteiger partial charge is 0.474 e. The van der Waals surface area contributed by atoms with Crippen molar-refractivity contribution in [2.24, 2.45) is 0 Å². The first-order chi connectivity index (χ1) is 10.3. The summed E-state index contributed by atoms with van der Waals surface area (Å²) in [4.78, 5) is 15.8. The lowest BCUT2D eigenvalue weighted by atomic mass is 10.3. The van der Waals surface area contributed by atoms with E-state index in [4.69, 9.17) is 4.74 Å². The molecule has 0 aliphatic heterocycles. The van der Waals surface area contributed by atoms with E-state index in [9.17, 15) is 4.79 Å². The van der Waals surface area contributed by atoms with Crippen LogP contribution in [0.1, 0.15) is 51.0 Å². The zero-order chi connectivity index (χ0) is 14.9. The zero-order valence-electron chi connectivity index (χ0n) is 12.7. The van der Waals surface area contributed by atoms with Gasteiger partial charge in [0.2, 0.25) is 5.88 Å². The molecular weight excluding hydrogens is 266 g/mol. The number of urea groups is 1. The second-order valence-electron chi connectivity index (χ2n) is 5.49. The SMILES string of the molecule is CCCCNC(=O)NCc1ccc(OC2CCCC2)nc1. The van der Waals surface area contributed by atoms with Crippen LogP contribution in [0.15, 0.2) is 18.3 Å². The van der Waals surface area contributed by atoms with Crippen molar-refractivity contribution >= 4 is 6.03 Å². The summed E-state index contributed by atoms with van der Waals surface area (Å²) in [6.45, 7) is 3.30. The summed E-state index contributed by atoms with van der Waals surface area (Å²) in [5.41, 5.74) is 0.972. The lowest BCUT2D eigenvalue weighted by molar-refractivity contribution is 0.201. The molecular formula is C16H25N3O2. The molecule has 5 nitrogen and oxygen atoms in total. The first kappa shape index (κ1) is 15.6. The molecule has 0 saturated heterocycles. The van der Waals surface area contributed by atoms with E-state index in [0.29, 0.717) is 18.5 Å². The van der Waals surface area contributed by atoms with Crippen molar-refractivity contribution in [3.05, 3.63) is 23.9 Å². The number of carbonyl (C=O) groups excluding carboxylic acids is 1. The molecule has 116 valence electrons. The van der Waals surface area contributed by atoms with E-state index in [1.54, 1.807) is 6.20 Å². The van der Waals surface area contributed by atoms with Gasteiger partial charge in [0.25, 0.3) is 0 Å². The van der Waals surface area contributed by atoms with E-state index in [2.05, 4.69) is 22.5 Å². The normalized spacial score (nSPS) is 14.9. The lowest BCUT2D eigenvalue weighted by Crippen LogP contribution is -2.35. The number of aromatic nitrogens is 1. The molecule has 1 fully saturated rings. The number of nitrogens with one attached hydrogen (secondary N) is 2. The summed E-state index contributed by atoms with van der Waals surface area (Å²) in [6, 6.07) is 3.70. The van der Waals surface area contributed by atoms with E-state index in [1.165, 1.54) is 12.8 Å². The number of carbonyl (C=O) groups is 1. The fraction of sp³-hybridized carbons (Fsp3) is 0.625. The van der Waals surface area contributed by atoms with E-state index in [0.717, 1.165) is 37.8 Å². The minimum absolute atomic E-state index is 0.130. The van der Waals surface area contributed by atoms with Gasteiger partial charge in [-0.15, -0.1) is 0 Å². The third-order valence-electron chi connectivity index (χ3n) is 3.66. The van der Waals surface area contributed by atoms with E-state index >= 15 is 0 Å². The Balaban J connectivity index is 1.70. The molecule has 2 amide bonds. The Morgan fingerprint density at radius 1 is 1.33 bits per heavy atom. The molecule has 0 radical (unpaired) electrons. The van der Waals surface area contributed by atoms with Crippen molar-refractivity contribution in [2.75, 3.05) is 6.54 Å². The maximum absolute atomic E-state index is 11.5. The third kappa shape index (κ3) is 5.61. The minimum Gasteiger partial charge on any atom is -0.474 e. The highest BCUT2D eigenvalue weighted by atomic mass is 16.5. The molecule has 0 aromatic carbocycles. The van der Waals surface area contributed by atoms with Crippen molar-refractivity contribution < 1.29 is 9.53 Å². The average Bonchev–Trinajstić information content (AvgIpc) is 3.00. The molecule has 0 bridgehead atoms. The van der Waals surface area contributed by atoms with Crippen molar-refractivity contribution in [1.82, 2.24) is 15.6 Å². The van der Waals surface area contributed by atoms with Crippen LogP contribution < -0.4 is 15.4 Å². The third-order valence-corrected chi connectivity index (χ3v) is 3.66. The van der Waals surface area contributed by atoms with E-state index < -0.39 is 0 Å². The molecule has 21 heavy (non-hydrogen) atoms. The maximum Gasteiger partial charge on any atom is 0.315 e. The second-order valence-corrected chi connectivity index (χ2v) is 5.49. The molecule has 5 heteroatoms. The molecule has 1 heterocycles. The standard InChI is InChI=1S/C16H25N3O2/c1-2-3-10-17-16(20)19-12-13-8-9-15(18-11-13)21-14-6-4-5-7-14/h8-9,11,14H,2-7,10,12H2,1H3,(H2,17,19,20). The van der Waals surface area contributed by atoms with Gasteiger partial charge in [0.05, 0.1) is 0 Å². The van der Waals surface area contributed by atoms with Crippen LogP contribution in [0.5, 0.6) is 5.88 Å². The average molecular weight is 291 g/mol.